The van der Waals surface area contributed by atoms with Crippen molar-refractivity contribution < 1.29 is 32.8 Å². The highest BCUT2D eigenvalue weighted by Gasteiger charge is 2.19. The number of hydrogen-bond acceptors (Lipinski definition) is 9. The van der Waals surface area contributed by atoms with Crippen molar-refractivity contribution in [2.24, 2.45) is 5.14 Å². The van der Waals surface area contributed by atoms with Crippen LogP contribution < -0.4 is 15.8 Å². The van der Waals surface area contributed by atoms with E-state index in [0.29, 0.717) is 0 Å². The molecule has 0 radical (unpaired) electrons. The first kappa shape index (κ1) is 22.7. The van der Waals surface area contributed by atoms with Crippen LogP contribution in [0.1, 0.15) is 10.4 Å². The smallest absolute Gasteiger partial charge is 0.341 e. The maximum Gasteiger partial charge on any atom is 0.341 e. The molecule has 0 unspecified atom stereocenters. The first-order valence-corrected chi connectivity index (χ1v) is 9.89. The Hall–Kier alpha value is -3.55. The van der Waals surface area contributed by atoms with Crippen molar-refractivity contribution in [3.63, 3.8) is 0 Å². The number of non-ortho nitro benzene ring substituents is 1. The van der Waals surface area contributed by atoms with Crippen molar-refractivity contribution in [3.05, 3.63) is 58.1 Å². The summed E-state index contributed by atoms with van der Waals surface area (Å²) >= 11 is 0. The third-order valence-electron chi connectivity index (χ3n) is 3.64. The summed E-state index contributed by atoms with van der Waals surface area (Å²) in [4.78, 5) is 34.4. The highest BCUT2D eigenvalue weighted by Crippen LogP contribution is 2.23. The Kier molecular flexibility index (Phi) is 7.41. The molecule has 160 valence electrons. The first-order valence-electron chi connectivity index (χ1n) is 8.35. The summed E-state index contributed by atoms with van der Waals surface area (Å²) in [6, 6.07) is 8.58. The van der Waals surface area contributed by atoms with Crippen molar-refractivity contribution >= 4 is 39.0 Å². The number of aliphatic hydroxyl groups excluding tert-OH is 1. The molecule has 0 heterocycles. The van der Waals surface area contributed by atoms with Crippen LogP contribution in [-0.4, -0.2) is 50.1 Å². The SMILES string of the molecule is NS(=O)(=O)c1cccc(NC(=O)COC(=O)c2cc([N+](=O)[O-])ccc2NCCO)c1. The number of benzene rings is 2. The number of aliphatic hydroxyl groups is 1. The van der Waals surface area contributed by atoms with Crippen LogP contribution in [0.25, 0.3) is 0 Å². The zero-order valence-electron chi connectivity index (χ0n) is 15.4. The number of nitrogens with one attached hydrogen (secondary N) is 2. The zero-order valence-corrected chi connectivity index (χ0v) is 16.2. The number of nitrogens with two attached hydrogens (primary N) is 1. The molecule has 1 amide bonds. The fourth-order valence-corrected chi connectivity index (χ4v) is 2.88. The van der Waals surface area contributed by atoms with E-state index in [-0.39, 0.29) is 40.7 Å². The molecule has 0 aliphatic rings. The molecule has 0 spiro atoms. The van der Waals surface area contributed by atoms with Gasteiger partial charge in [-0.2, -0.15) is 0 Å². The van der Waals surface area contributed by atoms with Gasteiger partial charge in [0.15, 0.2) is 6.61 Å². The Bertz CT molecular complexity index is 1070. The Morgan fingerprint density at radius 3 is 2.57 bits per heavy atom. The average molecular weight is 438 g/mol. The number of nitrogens with zero attached hydrogens (tertiary/aromatic N) is 1. The number of sulfonamides is 1. The van der Waals surface area contributed by atoms with E-state index < -0.39 is 33.4 Å². The molecule has 2 rings (SSSR count). The number of primary sulfonamides is 1. The number of amides is 1. The lowest BCUT2D eigenvalue weighted by Gasteiger charge is -2.11. The van der Waals surface area contributed by atoms with Gasteiger partial charge in [0.1, 0.15) is 0 Å². The van der Waals surface area contributed by atoms with Crippen LogP contribution >= 0.6 is 0 Å². The molecule has 13 heteroatoms. The molecule has 0 bridgehead atoms. The number of esters is 1. The Morgan fingerprint density at radius 2 is 1.93 bits per heavy atom. The van der Waals surface area contributed by atoms with Gasteiger partial charge in [0, 0.05) is 30.1 Å². The second kappa shape index (κ2) is 9.78. The van der Waals surface area contributed by atoms with E-state index in [0.717, 1.165) is 12.1 Å². The van der Waals surface area contributed by atoms with Gasteiger partial charge in [0.2, 0.25) is 10.0 Å². The van der Waals surface area contributed by atoms with Gasteiger partial charge in [0.25, 0.3) is 11.6 Å². The molecule has 30 heavy (non-hydrogen) atoms. The number of carbonyl (C=O) groups is 2. The average Bonchev–Trinajstić information content (AvgIpc) is 2.69. The van der Waals surface area contributed by atoms with E-state index in [9.17, 15) is 28.1 Å². The van der Waals surface area contributed by atoms with Crippen LogP contribution in [0.3, 0.4) is 0 Å². The second-order valence-electron chi connectivity index (χ2n) is 5.83. The van der Waals surface area contributed by atoms with Crippen molar-refractivity contribution in [1.82, 2.24) is 0 Å². The minimum absolute atomic E-state index is 0.0823. The predicted molar refractivity (Wildman–Crippen MR) is 105 cm³/mol. The van der Waals surface area contributed by atoms with E-state index in [1.807, 2.05) is 0 Å². The van der Waals surface area contributed by atoms with Crippen LogP contribution in [0, 0.1) is 10.1 Å². The summed E-state index contributed by atoms with van der Waals surface area (Å²) in [6.07, 6.45) is 0. The summed E-state index contributed by atoms with van der Waals surface area (Å²) in [5, 5.41) is 29.9. The fourth-order valence-electron chi connectivity index (χ4n) is 2.32. The fraction of sp³-hybridized carbons (Fsp3) is 0.176. The molecule has 5 N–H and O–H groups in total. The van der Waals surface area contributed by atoms with E-state index in [1.165, 1.54) is 30.3 Å². The molecule has 0 saturated heterocycles. The summed E-state index contributed by atoms with van der Waals surface area (Å²) in [7, 11) is -3.96. The topological polar surface area (TPSA) is 191 Å². The second-order valence-corrected chi connectivity index (χ2v) is 7.40. The number of ether oxygens (including phenoxy) is 1. The van der Waals surface area contributed by atoms with Gasteiger partial charge in [-0.25, -0.2) is 18.4 Å². The predicted octanol–water partition coefficient (Wildman–Crippen LogP) is 0.442. The van der Waals surface area contributed by atoms with E-state index in [2.05, 4.69) is 10.6 Å². The van der Waals surface area contributed by atoms with Crippen molar-refractivity contribution in [3.8, 4) is 0 Å². The molecule has 2 aromatic carbocycles. The maximum absolute atomic E-state index is 12.3. The van der Waals surface area contributed by atoms with Crippen LogP contribution in [-0.2, 0) is 19.6 Å². The summed E-state index contributed by atoms with van der Waals surface area (Å²) < 4.78 is 27.6. The van der Waals surface area contributed by atoms with Gasteiger partial charge in [0.05, 0.1) is 22.0 Å². The largest absolute Gasteiger partial charge is 0.452 e. The molecule has 0 fully saturated rings. The third kappa shape index (κ3) is 6.23. The van der Waals surface area contributed by atoms with E-state index >= 15 is 0 Å². The Balaban J connectivity index is 2.08. The summed E-state index contributed by atoms with van der Waals surface area (Å²) in [5.41, 5.74) is -0.258. The standard InChI is InChI=1S/C17H18N4O8S/c18-30(27,28)13-3-1-2-11(8-13)20-16(23)10-29-17(24)14-9-12(21(25)26)4-5-15(14)19-6-7-22/h1-5,8-9,19,22H,6-7,10H2,(H,20,23)(H2,18,27,28). The van der Waals surface area contributed by atoms with Gasteiger partial charge in [-0.05, 0) is 24.3 Å². The molecule has 0 aliphatic heterocycles. The Morgan fingerprint density at radius 1 is 1.20 bits per heavy atom. The zero-order chi connectivity index (χ0) is 22.3. The minimum atomic E-state index is -3.96. The van der Waals surface area contributed by atoms with Crippen molar-refractivity contribution in [1.29, 1.82) is 0 Å². The van der Waals surface area contributed by atoms with Gasteiger partial charge in [-0.1, -0.05) is 6.07 Å². The minimum Gasteiger partial charge on any atom is -0.452 e. The molecule has 0 atom stereocenters. The maximum atomic E-state index is 12.3. The third-order valence-corrected chi connectivity index (χ3v) is 4.55. The molecule has 0 saturated carbocycles. The number of anilines is 2. The van der Waals surface area contributed by atoms with Crippen molar-refractivity contribution in [2.45, 2.75) is 4.90 Å². The van der Waals surface area contributed by atoms with E-state index in [1.54, 1.807) is 0 Å². The van der Waals surface area contributed by atoms with Crippen LogP contribution in [0.15, 0.2) is 47.4 Å². The molecule has 12 nitrogen and oxygen atoms in total. The summed E-state index contributed by atoms with van der Waals surface area (Å²) in [6.45, 7) is -0.898. The van der Waals surface area contributed by atoms with Crippen LogP contribution in [0.5, 0.6) is 0 Å². The lowest BCUT2D eigenvalue weighted by atomic mass is 10.1. The first-order chi connectivity index (χ1) is 14.1. The van der Waals surface area contributed by atoms with Gasteiger partial charge >= 0.3 is 5.97 Å². The monoisotopic (exact) mass is 438 g/mol. The highest BCUT2D eigenvalue weighted by molar-refractivity contribution is 7.89. The lowest BCUT2D eigenvalue weighted by Crippen LogP contribution is -2.22. The molecule has 2 aromatic rings. The normalized spacial score (nSPS) is 10.9. The molecular formula is C17H18N4O8S. The van der Waals surface area contributed by atoms with Crippen LogP contribution in [0.4, 0.5) is 17.1 Å². The number of rotatable bonds is 9. The van der Waals surface area contributed by atoms with Gasteiger partial charge < -0.3 is 20.5 Å². The number of nitro groups is 1. The molecular weight excluding hydrogens is 420 g/mol. The number of nitro benzene ring substituents is 1. The number of carbonyl (C=O) groups excluding carboxylic acids is 2. The molecule has 0 aromatic heterocycles. The number of hydrogen-bond donors (Lipinski definition) is 4. The lowest BCUT2D eigenvalue weighted by molar-refractivity contribution is -0.384. The Labute approximate surface area is 170 Å². The van der Waals surface area contributed by atoms with E-state index in [4.69, 9.17) is 15.0 Å². The molecule has 0 aliphatic carbocycles. The van der Waals surface area contributed by atoms with Crippen molar-refractivity contribution in [2.75, 3.05) is 30.4 Å². The summed E-state index contributed by atoms with van der Waals surface area (Å²) in [5.74, 6) is -1.78. The highest BCUT2D eigenvalue weighted by atomic mass is 32.2. The van der Waals surface area contributed by atoms with Gasteiger partial charge in [-0.15, -0.1) is 0 Å². The van der Waals surface area contributed by atoms with Crippen LogP contribution in [0.2, 0.25) is 0 Å². The quantitative estimate of drug-likeness (QED) is 0.244. The van der Waals surface area contributed by atoms with Gasteiger partial charge in [-0.3, -0.25) is 14.9 Å².